The number of hydrogen-bond donors (Lipinski definition) is 1. The van der Waals surface area contributed by atoms with Gasteiger partial charge in [-0.25, -0.2) is 0 Å². The zero-order valence-corrected chi connectivity index (χ0v) is 16.2. The molecule has 0 bridgehead atoms. The van der Waals surface area contributed by atoms with Gasteiger partial charge in [-0.1, -0.05) is 18.2 Å². The molecule has 29 heavy (non-hydrogen) atoms. The van der Waals surface area contributed by atoms with Crippen LogP contribution >= 0.6 is 0 Å². The van der Waals surface area contributed by atoms with Crippen LogP contribution < -0.4 is 4.90 Å². The Morgan fingerprint density at radius 2 is 1.76 bits per heavy atom. The van der Waals surface area contributed by atoms with Crippen LogP contribution in [0.4, 0.5) is 11.4 Å². The number of piperazine rings is 1. The quantitative estimate of drug-likeness (QED) is 0.512. The third-order valence-corrected chi connectivity index (χ3v) is 5.57. The highest BCUT2D eigenvalue weighted by Crippen LogP contribution is 2.22. The summed E-state index contributed by atoms with van der Waals surface area (Å²) in [6, 6.07) is 14.8. The van der Waals surface area contributed by atoms with Crippen molar-refractivity contribution < 1.29 is 9.72 Å². The van der Waals surface area contributed by atoms with E-state index in [4.69, 9.17) is 0 Å². The SMILES string of the molecule is O=C(CCCc1c[nH]c2ccccc12)N1CCN(c2ccc([N+](=O)[O-])cc2)CC1. The molecule has 0 atom stereocenters. The fourth-order valence-corrected chi connectivity index (χ4v) is 3.93. The molecule has 1 aliphatic heterocycles. The molecule has 1 saturated heterocycles. The van der Waals surface area contributed by atoms with Gasteiger partial charge in [0.1, 0.15) is 0 Å². The van der Waals surface area contributed by atoms with Crippen LogP contribution in [0, 0.1) is 10.1 Å². The first-order valence-corrected chi connectivity index (χ1v) is 9.94. The molecule has 1 N–H and O–H groups in total. The monoisotopic (exact) mass is 392 g/mol. The van der Waals surface area contributed by atoms with E-state index in [1.165, 1.54) is 23.1 Å². The number of aryl methyl sites for hydroxylation is 1. The van der Waals surface area contributed by atoms with E-state index in [9.17, 15) is 14.9 Å². The van der Waals surface area contributed by atoms with Gasteiger partial charge in [-0.15, -0.1) is 0 Å². The van der Waals surface area contributed by atoms with Crippen molar-refractivity contribution in [3.8, 4) is 0 Å². The number of fused-ring (bicyclic) bond motifs is 1. The number of para-hydroxylation sites is 1. The number of nitro benzene ring substituents is 1. The maximum absolute atomic E-state index is 12.6. The summed E-state index contributed by atoms with van der Waals surface area (Å²) in [5, 5.41) is 12.0. The molecule has 0 saturated carbocycles. The predicted molar refractivity (Wildman–Crippen MR) is 113 cm³/mol. The zero-order chi connectivity index (χ0) is 20.2. The number of non-ortho nitro benzene ring substituents is 1. The van der Waals surface area contributed by atoms with Crippen molar-refractivity contribution in [3.05, 3.63) is 70.4 Å². The number of aromatic nitrogens is 1. The van der Waals surface area contributed by atoms with Crippen LogP contribution in [0.2, 0.25) is 0 Å². The van der Waals surface area contributed by atoms with Gasteiger partial charge >= 0.3 is 0 Å². The lowest BCUT2D eigenvalue weighted by molar-refractivity contribution is -0.384. The summed E-state index contributed by atoms with van der Waals surface area (Å²) < 4.78 is 0. The second kappa shape index (κ2) is 8.34. The van der Waals surface area contributed by atoms with E-state index >= 15 is 0 Å². The minimum Gasteiger partial charge on any atom is -0.368 e. The van der Waals surface area contributed by atoms with Crippen molar-refractivity contribution in [2.75, 3.05) is 31.1 Å². The molecular weight excluding hydrogens is 368 g/mol. The molecule has 2 aromatic carbocycles. The Morgan fingerprint density at radius 1 is 1.03 bits per heavy atom. The van der Waals surface area contributed by atoms with E-state index in [-0.39, 0.29) is 11.6 Å². The summed E-state index contributed by atoms with van der Waals surface area (Å²) in [5.41, 5.74) is 3.45. The smallest absolute Gasteiger partial charge is 0.269 e. The van der Waals surface area contributed by atoms with Gasteiger partial charge in [0.25, 0.3) is 5.69 Å². The summed E-state index contributed by atoms with van der Waals surface area (Å²) in [7, 11) is 0. The Labute approximate surface area is 169 Å². The van der Waals surface area contributed by atoms with E-state index in [2.05, 4.69) is 22.0 Å². The summed E-state index contributed by atoms with van der Waals surface area (Å²) in [6.45, 7) is 2.85. The van der Waals surface area contributed by atoms with Gasteiger partial charge in [0, 0.05) is 67.5 Å². The molecule has 3 aromatic rings. The highest BCUT2D eigenvalue weighted by Gasteiger charge is 2.21. The molecule has 0 spiro atoms. The normalized spacial score (nSPS) is 14.3. The number of nitrogens with zero attached hydrogens (tertiary/aromatic N) is 3. The summed E-state index contributed by atoms with van der Waals surface area (Å²) in [6.07, 6.45) is 4.32. The Hall–Kier alpha value is -3.35. The number of hydrogen-bond acceptors (Lipinski definition) is 4. The third-order valence-electron chi connectivity index (χ3n) is 5.57. The van der Waals surface area contributed by atoms with E-state index < -0.39 is 4.92 Å². The Kier molecular flexibility index (Phi) is 5.46. The summed E-state index contributed by atoms with van der Waals surface area (Å²) in [4.78, 5) is 30.3. The van der Waals surface area contributed by atoms with Crippen molar-refractivity contribution in [3.63, 3.8) is 0 Å². The number of nitro groups is 1. The highest BCUT2D eigenvalue weighted by atomic mass is 16.6. The second-order valence-electron chi connectivity index (χ2n) is 7.35. The molecule has 7 nitrogen and oxygen atoms in total. The number of carbonyl (C=O) groups excluding carboxylic acids is 1. The fourth-order valence-electron chi connectivity index (χ4n) is 3.93. The summed E-state index contributed by atoms with van der Waals surface area (Å²) >= 11 is 0. The molecular formula is C22H24N4O3. The Morgan fingerprint density at radius 3 is 2.48 bits per heavy atom. The number of H-pyrrole nitrogens is 1. The number of nitrogens with one attached hydrogen (secondary N) is 1. The minimum atomic E-state index is -0.392. The molecule has 150 valence electrons. The lowest BCUT2D eigenvalue weighted by atomic mass is 10.1. The lowest BCUT2D eigenvalue weighted by Gasteiger charge is -2.36. The minimum absolute atomic E-state index is 0.0952. The van der Waals surface area contributed by atoms with Crippen molar-refractivity contribution in [2.45, 2.75) is 19.3 Å². The van der Waals surface area contributed by atoms with Gasteiger partial charge < -0.3 is 14.8 Å². The number of carbonyl (C=O) groups is 1. The van der Waals surface area contributed by atoms with Crippen LogP contribution in [0.25, 0.3) is 10.9 Å². The van der Waals surface area contributed by atoms with Crippen LogP contribution in [0.3, 0.4) is 0 Å². The first-order chi connectivity index (χ1) is 14.1. The van der Waals surface area contributed by atoms with Gasteiger partial charge in [0.2, 0.25) is 5.91 Å². The van der Waals surface area contributed by atoms with Crippen molar-refractivity contribution >= 4 is 28.2 Å². The fraction of sp³-hybridized carbons (Fsp3) is 0.318. The van der Waals surface area contributed by atoms with Gasteiger partial charge in [0.15, 0.2) is 0 Å². The van der Waals surface area contributed by atoms with Crippen LogP contribution in [0.5, 0.6) is 0 Å². The van der Waals surface area contributed by atoms with E-state index in [0.717, 1.165) is 37.1 Å². The van der Waals surface area contributed by atoms with Crippen LogP contribution in [-0.2, 0) is 11.2 Å². The summed E-state index contributed by atoms with van der Waals surface area (Å²) in [5.74, 6) is 0.202. The van der Waals surface area contributed by atoms with Crippen molar-refractivity contribution in [1.29, 1.82) is 0 Å². The first kappa shape index (κ1) is 19.0. The number of aromatic amines is 1. The molecule has 1 fully saturated rings. The standard InChI is InChI=1S/C22H24N4O3/c27-22(7-3-4-17-16-23-21-6-2-1-5-20(17)21)25-14-12-24(13-15-25)18-8-10-19(11-9-18)26(28)29/h1-2,5-6,8-11,16,23H,3-4,7,12-15H2. The van der Waals surface area contributed by atoms with E-state index in [0.29, 0.717) is 19.5 Å². The second-order valence-corrected chi connectivity index (χ2v) is 7.35. The Bertz CT molecular complexity index is 1000. The molecule has 0 unspecified atom stereocenters. The molecule has 0 radical (unpaired) electrons. The van der Waals surface area contributed by atoms with Gasteiger partial charge in [-0.2, -0.15) is 0 Å². The molecule has 1 amide bonds. The first-order valence-electron chi connectivity index (χ1n) is 9.94. The van der Waals surface area contributed by atoms with Crippen LogP contribution in [0.15, 0.2) is 54.7 Å². The number of anilines is 1. The lowest BCUT2D eigenvalue weighted by Crippen LogP contribution is -2.48. The predicted octanol–water partition coefficient (Wildman–Crippen LogP) is 3.75. The van der Waals surface area contributed by atoms with Crippen molar-refractivity contribution in [2.24, 2.45) is 0 Å². The van der Waals surface area contributed by atoms with Crippen molar-refractivity contribution in [1.82, 2.24) is 9.88 Å². The molecule has 2 heterocycles. The average Bonchev–Trinajstić information content (AvgIpc) is 3.17. The molecule has 7 heteroatoms. The largest absolute Gasteiger partial charge is 0.368 e. The molecule has 1 aromatic heterocycles. The van der Waals surface area contributed by atoms with Crippen LogP contribution in [0.1, 0.15) is 18.4 Å². The number of benzene rings is 2. The van der Waals surface area contributed by atoms with Gasteiger partial charge in [0.05, 0.1) is 4.92 Å². The number of rotatable bonds is 6. The Balaban J connectivity index is 1.25. The maximum Gasteiger partial charge on any atom is 0.269 e. The maximum atomic E-state index is 12.6. The van der Waals surface area contributed by atoms with Crippen LogP contribution in [-0.4, -0.2) is 46.9 Å². The average molecular weight is 392 g/mol. The number of amides is 1. The van der Waals surface area contributed by atoms with E-state index in [1.54, 1.807) is 12.1 Å². The molecule has 4 rings (SSSR count). The molecule has 1 aliphatic rings. The van der Waals surface area contributed by atoms with E-state index in [1.807, 2.05) is 23.2 Å². The highest BCUT2D eigenvalue weighted by molar-refractivity contribution is 5.83. The molecule has 0 aliphatic carbocycles. The topological polar surface area (TPSA) is 82.5 Å². The zero-order valence-electron chi connectivity index (χ0n) is 16.2. The van der Waals surface area contributed by atoms with Gasteiger partial charge in [-0.3, -0.25) is 14.9 Å². The van der Waals surface area contributed by atoms with Gasteiger partial charge in [-0.05, 0) is 36.6 Å². The third kappa shape index (κ3) is 4.23.